The molecule has 0 spiro atoms. The highest BCUT2D eigenvalue weighted by atomic mass is 16.7. The molecule has 0 aliphatic heterocycles. The Bertz CT molecular complexity index is 679. The summed E-state index contributed by atoms with van der Waals surface area (Å²) in [5.74, 6) is -1.56. The molecule has 0 saturated heterocycles. The van der Waals surface area contributed by atoms with E-state index in [1.807, 2.05) is 44.2 Å². The summed E-state index contributed by atoms with van der Waals surface area (Å²) < 4.78 is 11.5. The Balaban J connectivity index is 2.12. The Hall–Kier alpha value is -2.53. The van der Waals surface area contributed by atoms with Gasteiger partial charge in [-0.15, -0.1) is 0 Å². The largest absolute Gasteiger partial charge is 0.504 e. The summed E-state index contributed by atoms with van der Waals surface area (Å²) in [6.07, 6.45) is -0.680. The van der Waals surface area contributed by atoms with Crippen LogP contribution in [0.1, 0.15) is 36.7 Å². The van der Waals surface area contributed by atoms with Crippen LogP contribution in [0.25, 0.3) is 0 Å². The average Bonchev–Trinajstić information content (AvgIpc) is 2.49. The first-order valence-electron chi connectivity index (χ1n) is 7.26. The fraction of sp³-hybridized carbons (Fsp3) is 0.278. The Morgan fingerprint density at radius 1 is 1.09 bits per heavy atom. The van der Waals surface area contributed by atoms with Gasteiger partial charge >= 0.3 is 5.97 Å². The fourth-order valence-corrected chi connectivity index (χ4v) is 2.32. The van der Waals surface area contributed by atoms with Crippen LogP contribution in [0.3, 0.4) is 0 Å². The van der Waals surface area contributed by atoms with Crippen LogP contribution in [0, 0.1) is 0 Å². The van der Waals surface area contributed by atoms with E-state index in [-0.39, 0.29) is 11.3 Å². The number of para-hydroxylation sites is 1. The number of carboxylic acid groups (broad SMARTS) is 1. The standard InChI is InChI=1S/C18H20O5/c1-12(23-18(2,3)13-8-5-4-6-9-13)22-15-11-7-10-14(16(15)19)17(20)21/h4-12,19H,1-3H3,(H,20,21). The van der Waals surface area contributed by atoms with Crippen molar-refractivity contribution >= 4 is 5.97 Å². The van der Waals surface area contributed by atoms with E-state index in [1.54, 1.807) is 6.92 Å². The van der Waals surface area contributed by atoms with E-state index in [2.05, 4.69) is 0 Å². The molecular weight excluding hydrogens is 296 g/mol. The van der Waals surface area contributed by atoms with E-state index in [0.29, 0.717) is 0 Å². The van der Waals surface area contributed by atoms with Crippen molar-refractivity contribution in [3.8, 4) is 11.5 Å². The lowest BCUT2D eigenvalue weighted by Crippen LogP contribution is -2.30. The van der Waals surface area contributed by atoms with E-state index in [4.69, 9.17) is 14.6 Å². The Labute approximate surface area is 135 Å². The van der Waals surface area contributed by atoms with Gasteiger partial charge in [0.05, 0.1) is 5.60 Å². The summed E-state index contributed by atoms with van der Waals surface area (Å²) in [5.41, 5.74) is 0.178. The van der Waals surface area contributed by atoms with Crippen molar-refractivity contribution in [2.45, 2.75) is 32.7 Å². The lowest BCUT2D eigenvalue weighted by molar-refractivity contribution is -0.153. The summed E-state index contributed by atoms with van der Waals surface area (Å²) in [4.78, 5) is 11.0. The second kappa shape index (κ2) is 6.71. The normalized spacial score (nSPS) is 12.7. The first kappa shape index (κ1) is 16.8. The van der Waals surface area contributed by atoms with Crippen LogP contribution in [0.4, 0.5) is 0 Å². The second-order valence-electron chi connectivity index (χ2n) is 5.64. The zero-order chi connectivity index (χ0) is 17.0. The third-order valence-corrected chi connectivity index (χ3v) is 3.45. The van der Waals surface area contributed by atoms with Crippen LogP contribution in [-0.2, 0) is 10.3 Å². The molecule has 0 saturated carbocycles. The molecule has 2 aromatic carbocycles. The monoisotopic (exact) mass is 316 g/mol. The van der Waals surface area contributed by atoms with Crippen LogP contribution in [-0.4, -0.2) is 22.5 Å². The molecule has 0 radical (unpaired) electrons. The van der Waals surface area contributed by atoms with Crippen LogP contribution in [0.5, 0.6) is 11.5 Å². The van der Waals surface area contributed by atoms with E-state index in [9.17, 15) is 9.90 Å². The van der Waals surface area contributed by atoms with Gasteiger partial charge < -0.3 is 19.7 Å². The summed E-state index contributed by atoms with van der Waals surface area (Å²) in [6.45, 7) is 5.52. The molecule has 1 unspecified atom stereocenters. The van der Waals surface area contributed by atoms with Gasteiger partial charge in [0, 0.05) is 0 Å². The van der Waals surface area contributed by atoms with Crippen LogP contribution in [0.2, 0.25) is 0 Å². The summed E-state index contributed by atoms with van der Waals surface area (Å²) in [6, 6.07) is 14.0. The maximum atomic E-state index is 11.0. The highest BCUT2D eigenvalue weighted by Gasteiger charge is 2.25. The number of carbonyl (C=O) groups is 1. The van der Waals surface area contributed by atoms with Crippen molar-refractivity contribution in [1.29, 1.82) is 0 Å². The number of hydrogen-bond donors (Lipinski definition) is 2. The molecule has 23 heavy (non-hydrogen) atoms. The molecule has 122 valence electrons. The van der Waals surface area contributed by atoms with Gasteiger partial charge in [-0.2, -0.15) is 0 Å². The van der Waals surface area contributed by atoms with Crippen molar-refractivity contribution in [3.63, 3.8) is 0 Å². The van der Waals surface area contributed by atoms with Crippen LogP contribution >= 0.6 is 0 Å². The Kier molecular flexibility index (Phi) is 4.91. The third-order valence-electron chi connectivity index (χ3n) is 3.45. The first-order chi connectivity index (χ1) is 10.8. The van der Waals surface area contributed by atoms with E-state index < -0.39 is 23.6 Å². The number of aromatic carboxylic acids is 1. The number of phenols is 1. The number of benzene rings is 2. The molecule has 2 aromatic rings. The predicted molar refractivity (Wildman–Crippen MR) is 85.7 cm³/mol. The number of carboxylic acids is 1. The van der Waals surface area contributed by atoms with Crippen LogP contribution < -0.4 is 4.74 Å². The molecule has 2 N–H and O–H groups in total. The Morgan fingerprint density at radius 2 is 1.74 bits per heavy atom. The van der Waals surface area contributed by atoms with Crippen molar-refractivity contribution in [1.82, 2.24) is 0 Å². The minimum atomic E-state index is -1.22. The first-order valence-corrected chi connectivity index (χ1v) is 7.26. The number of aromatic hydroxyl groups is 1. The van der Waals surface area contributed by atoms with E-state index in [0.717, 1.165) is 5.56 Å². The zero-order valence-electron chi connectivity index (χ0n) is 13.3. The van der Waals surface area contributed by atoms with Crippen LogP contribution in [0.15, 0.2) is 48.5 Å². The molecule has 0 aliphatic carbocycles. The molecule has 0 fully saturated rings. The minimum Gasteiger partial charge on any atom is -0.504 e. The molecule has 1 atom stereocenters. The molecule has 0 heterocycles. The molecule has 0 aliphatic rings. The molecule has 5 heteroatoms. The van der Waals surface area contributed by atoms with Gasteiger partial charge in [0.2, 0.25) is 0 Å². The average molecular weight is 316 g/mol. The molecule has 0 aromatic heterocycles. The number of rotatable bonds is 6. The van der Waals surface area contributed by atoms with E-state index in [1.165, 1.54) is 18.2 Å². The second-order valence-corrected chi connectivity index (χ2v) is 5.64. The maximum Gasteiger partial charge on any atom is 0.339 e. The van der Waals surface area contributed by atoms with Gasteiger partial charge in [-0.25, -0.2) is 4.79 Å². The Morgan fingerprint density at radius 3 is 2.35 bits per heavy atom. The number of hydrogen-bond acceptors (Lipinski definition) is 4. The summed E-state index contributed by atoms with van der Waals surface area (Å²) >= 11 is 0. The lowest BCUT2D eigenvalue weighted by atomic mass is 9.98. The summed E-state index contributed by atoms with van der Waals surface area (Å²) in [7, 11) is 0. The molecule has 0 bridgehead atoms. The van der Waals surface area contributed by atoms with Gasteiger partial charge in [-0.05, 0) is 38.5 Å². The maximum absolute atomic E-state index is 11.0. The number of ether oxygens (including phenoxy) is 2. The lowest BCUT2D eigenvalue weighted by Gasteiger charge is -2.30. The minimum absolute atomic E-state index is 0.0706. The molecule has 5 nitrogen and oxygen atoms in total. The molecule has 2 rings (SSSR count). The SMILES string of the molecule is CC(Oc1cccc(C(=O)O)c1O)OC(C)(C)c1ccccc1. The molecule has 0 amide bonds. The zero-order valence-corrected chi connectivity index (χ0v) is 13.3. The van der Waals surface area contributed by atoms with E-state index >= 15 is 0 Å². The highest BCUT2D eigenvalue weighted by molar-refractivity contribution is 5.91. The van der Waals surface area contributed by atoms with Gasteiger partial charge in [-0.1, -0.05) is 36.4 Å². The van der Waals surface area contributed by atoms with Gasteiger partial charge in [0.1, 0.15) is 5.56 Å². The quantitative estimate of drug-likeness (QED) is 0.793. The van der Waals surface area contributed by atoms with Gasteiger partial charge in [-0.3, -0.25) is 0 Å². The summed E-state index contributed by atoms with van der Waals surface area (Å²) in [5, 5.41) is 19.0. The van der Waals surface area contributed by atoms with Crippen molar-refractivity contribution in [2.75, 3.05) is 0 Å². The smallest absolute Gasteiger partial charge is 0.339 e. The topological polar surface area (TPSA) is 76.0 Å². The van der Waals surface area contributed by atoms with Crippen molar-refractivity contribution < 1.29 is 24.5 Å². The fourth-order valence-electron chi connectivity index (χ4n) is 2.32. The van der Waals surface area contributed by atoms with Gasteiger partial charge in [0.25, 0.3) is 0 Å². The predicted octanol–water partition coefficient (Wildman–Crippen LogP) is 3.77. The van der Waals surface area contributed by atoms with Gasteiger partial charge in [0.15, 0.2) is 17.8 Å². The van der Waals surface area contributed by atoms with Crippen molar-refractivity contribution in [2.24, 2.45) is 0 Å². The van der Waals surface area contributed by atoms with Crippen molar-refractivity contribution in [3.05, 3.63) is 59.7 Å². The highest BCUT2D eigenvalue weighted by Crippen LogP contribution is 2.32. The molecular formula is C18H20O5. The third kappa shape index (κ3) is 4.02.